The zero-order chi connectivity index (χ0) is 12.5. The fourth-order valence-corrected chi connectivity index (χ4v) is 2.63. The molecule has 1 heterocycles. The van der Waals surface area contributed by atoms with Gasteiger partial charge in [-0.25, -0.2) is 0 Å². The molecule has 0 bridgehead atoms. The molecule has 1 fully saturated rings. The summed E-state index contributed by atoms with van der Waals surface area (Å²) in [6.07, 6.45) is 3.32. The van der Waals surface area contributed by atoms with Gasteiger partial charge in [0.05, 0.1) is 5.52 Å². The molecule has 2 unspecified atom stereocenters. The van der Waals surface area contributed by atoms with E-state index in [1.54, 1.807) is 0 Å². The van der Waals surface area contributed by atoms with E-state index >= 15 is 0 Å². The van der Waals surface area contributed by atoms with E-state index in [0.717, 1.165) is 41.6 Å². The summed E-state index contributed by atoms with van der Waals surface area (Å²) >= 11 is 0. The average Bonchev–Trinajstić information content (AvgIpc) is 2.74. The van der Waals surface area contributed by atoms with E-state index in [1.807, 2.05) is 31.2 Å². The molecule has 3 rings (SSSR count). The van der Waals surface area contributed by atoms with Crippen LogP contribution in [0, 0.1) is 6.92 Å². The predicted molar refractivity (Wildman–Crippen MR) is 72.7 cm³/mol. The average molecular weight is 242 g/mol. The van der Waals surface area contributed by atoms with Crippen LogP contribution in [0.1, 0.15) is 25.0 Å². The molecule has 3 nitrogen and oxygen atoms in total. The number of rotatable bonds is 2. The van der Waals surface area contributed by atoms with Gasteiger partial charge in [0, 0.05) is 23.2 Å². The smallest absolute Gasteiger partial charge is 0.130 e. The number of aromatic nitrogens is 1. The maximum absolute atomic E-state index is 6.12. The van der Waals surface area contributed by atoms with Gasteiger partial charge >= 0.3 is 0 Å². The van der Waals surface area contributed by atoms with Gasteiger partial charge in [-0.3, -0.25) is 4.98 Å². The number of fused-ring (bicyclic) bond motifs is 1. The van der Waals surface area contributed by atoms with Gasteiger partial charge in [0.15, 0.2) is 0 Å². The van der Waals surface area contributed by atoms with Gasteiger partial charge in [-0.1, -0.05) is 12.1 Å². The first-order valence-electron chi connectivity index (χ1n) is 6.51. The van der Waals surface area contributed by atoms with Crippen molar-refractivity contribution in [2.75, 3.05) is 0 Å². The second-order valence-electron chi connectivity index (χ2n) is 5.09. The summed E-state index contributed by atoms with van der Waals surface area (Å²) < 4.78 is 6.12. The number of ether oxygens (including phenoxy) is 1. The molecule has 1 aliphatic rings. The molecular weight excluding hydrogens is 224 g/mol. The lowest BCUT2D eigenvalue weighted by molar-refractivity contribution is 0.210. The molecular formula is C15H18N2O. The van der Waals surface area contributed by atoms with Crippen molar-refractivity contribution in [3.05, 3.63) is 36.0 Å². The number of para-hydroxylation sites is 1. The number of pyridine rings is 1. The highest BCUT2D eigenvalue weighted by molar-refractivity contribution is 5.85. The van der Waals surface area contributed by atoms with Crippen LogP contribution in [-0.2, 0) is 0 Å². The Morgan fingerprint density at radius 3 is 2.89 bits per heavy atom. The molecule has 1 aliphatic carbocycles. The van der Waals surface area contributed by atoms with Crippen LogP contribution in [0.15, 0.2) is 30.3 Å². The van der Waals surface area contributed by atoms with Gasteiger partial charge in [-0.2, -0.15) is 0 Å². The van der Waals surface area contributed by atoms with Crippen molar-refractivity contribution in [3.63, 3.8) is 0 Å². The maximum Gasteiger partial charge on any atom is 0.130 e. The lowest BCUT2D eigenvalue weighted by atomic mass is 10.2. The molecule has 3 heteroatoms. The molecule has 1 aromatic heterocycles. The summed E-state index contributed by atoms with van der Waals surface area (Å²) in [4.78, 5) is 4.52. The quantitative estimate of drug-likeness (QED) is 0.881. The van der Waals surface area contributed by atoms with Crippen molar-refractivity contribution < 1.29 is 4.74 Å². The van der Waals surface area contributed by atoms with Crippen molar-refractivity contribution in [1.82, 2.24) is 4.98 Å². The molecule has 2 aromatic rings. The lowest BCUT2D eigenvalue weighted by Crippen LogP contribution is -2.19. The first kappa shape index (κ1) is 11.5. The highest BCUT2D eigenvalue weighted by Crippen LogP contribution is 2.29. The van der Waals surface area contributed by atoms with Crippen LogP contribution < -0.4 is 10.5 Å². The third kappa shape index (κ3) is 2.18. The Kier molecular flexibility index (Phi) is 2.92. The standard InChI is InChI=1S/C15H18N2O/c1-10-8-15(18-12-7-6-11(16)9-12)13-4-2-3-5-14(13)17-10/h2-5,8,11-12H,6-7,9,16H2,1H3. The van der Waals surface area contributed by atoms with E-state index in [-0.39, 0.29) is 6.10 Å². The SMILES string of the molecule is Cc1cc(OC2CCC(N)C2)c2ccccc2n1. The number of hydrogen-bond donors (Lipinski definition) is 1. The van der Waals surface area contributed by atoms with Crippen molar-refractivity contribution in [1.29, 1.82) is 0 Å². The first-order chi connectivity index (χ1) is 8.72. The Balaban J connectivity index is 1.95. The Bertz CT molecular complexity index is 567. The van der Waals surface area contributed by atoms with Crippen molar-refractivity contribution in [2.45, 2.75) is 38.3 Å². The molecule has 2 atom stereocenters. The number of aryl methyl sites for hydroxylation is 1. The minimum absolute atomic E-state index is 0.255. The number of benzene rings is 1. The second-order valence-corrected chi connectivity index (χ2v) is 5.09. The third-order valence-electron chi connectivity index (χ3n) is 3.53. The van der Waals surface area contributed by atoms with Gasteiger partial charge in [-0.05, 0) is 38.3 Å². The normalized spacial score (nSPS) is 23.4. The van der Waals surface area contributed by atoms with Crippen LogP contribution in [0.2, 0.25) is 0 Å². The van der Waals surface area contributed by atoms with Crippen molar-refractivity contribution in [2.24, 2.45) is 5.73 Å². The number of hydrogen-bond acceptors (Lipinski definition) is 3. The summed E-state index contributed by atoms with van der Waals surface area (Å²) in [6, 6.07) is 10.4. The summed E-state index contributed by atoms with van der Waals surface area (Å²) in [5.74, 6) is 0.942. The Morgan fingerprint density at radius 2 is 2.11 bits per heavy atom. The minimum atomic E-state index is 0.255. The van der Waals surface area contributed by atoms with E-state index in [2.05, 4.69) is 11.1 Å². The van der Waals surface area contributed by atoms with E-state index in [1.165, 1.54) is 0 Å². The van der Waals surface area contributed by atoms with E-state index in [4.69, 9.17) is 10.5 Å². The largest absolute Gasteiger partial charge is 0.490 e. The minimum Gasteiger partial charge on any atom is -0.490 e. The van der Waals surface area contributed by atoms with Gasteiger partial charge < -0.3 is 10.5 Å². The van der Waals surface area contributed by atoms with Crippen LogP contribution in [0.4, 0.5) is 0 Å². The zero-order valence-electron chi connectivity index (χ0n) is 10.6. The van der Waals surface area contributed by atoms with Crippen molar-refractivity contribution >= 4 is 10.9 Å². The first-order valence-corrected chi connectivity index (χ1v) is 6.51. The Hall–Kier alpha value is -1.61. The van der Waals surface area contributed by atoms with Crippen LogP contribution in [-0.4, -0.2) is 17.1 Å². The number of nitrogens with two attached hydrogens (primary N) is 1. The van der Waals surface area contributed by atoms with Gasteiger partial charge in [0.25, 0.3) is 0 Å². The van der Waals surface area contributed by atoms with Crippen molar-refractivity contribution in [3.8, 4) is 5.75 Å². The fraction of sp³-hybridized carbons (Fsp3) is 0.400. The highest BCUT2D eigenvalue weighted by Gasteiger charge is 2.23. The van der Waals surface area contributed by atoms with E-state index < -0.39 is 0 Å². The molecule has 18 heavy (non-hydrogen) atoms. The number of nitrogens with zero attached hydrogens (tertiary/aromatic N) is 1. The molecule has 0 saturated heterocycles. The van der Waals surface area contributed by atoms with Crippen LogP contribution in [0.25, 0.3) is 10.9 Å². The Labute approximate surface area is 107 Å². The molecule has 0 amide bonds. The van der Waals surface area contributed by atoms with Crippen LogP contribution in [0.5, 0.6) is 5.75 Å². The summed E-state index contributed by atoms with van der Waals surface area (Å²) in [5, 5.41) is 1.09. The maximum atomic E-state index is 6.12. The molecule has 0 radical (unpaired) electrons. The summed E-state index contributed by atoms with van der Waals surface area (Å²) in [5.41, 5.74) is 7.92. The second kappa shape index (κ2) is 4.58. The van der Waals surface area contributed by atoms with Crippen LogP contribution in [0.3, 0.4) is 0 Å². The Morgan fingerprint density at radius 1 is 1.28 bits per heavy atom. The topological polar surface area (TPSA) is 48.1 Å². The molecule has 2 N–H and O–H groups in total. The van der Waals surface area contributed by atoms with Crippen LogP contribution >= 0.6 is 0 Å². The molecule has 0 spiro atoms. The fourth-order valence-electron chi connectivity index (χ4n) is 2.63. The third-order valence-corrected chi connectivity index (χ3v) is 3.53. The molecule has 94 valence electrons. The zero-order valence-corrected chi connectivity index (χ0v) is 10.6. The van der Waals surface area contributed by atoms with Gasteiger partial charge in [0.1, 0.15) is 11.9 Å². The van der Waals surface area contributed by atoms with Gasteiger partial charge in [-0.15, -0.1) is 0 Å². The summed E-state index contributed by atoms with van der Waals surface area (Å²) in [7, 11) is 0. The monoisotopic (exact) mass is 242 g/mol. The predicted octanol–water partition coefficient (Wildman–Crippen LogP) is 2.80. The molecule has 0 aliphatic heterocycles. The summed E-state index contributed by atoms with van der Waals surface area (Å²) in [6.45, 7) is 2.00. The van der Waals surface area contributed by atoms with E-state index in [9.17, 15) is 0 Å². The lowest BCUT2D eigenvalue weighted by Gasteiger charge is -2.15. The molecule has 1 aromatic carbocycles. The van der Waals surface area contributed by atoms with Gasteiger partial charge in [0.2, 0.25) is 0 Å². The van der Waals surface area contributed by atoms with E-state index in [0.29, 0.717) is 6.04 Å². The highest BCUT2D eigenvalue weighted by atomic mass is 16.5. The molecule has 1 saturated carbocycles.